The monoisotopic (exact) mass is 577 g/mol. The Hall–Kier alpha value is -3.47. The van der Waals surface area contributed by atoms with E-state index in [0.717, 1.165) is 36.1 Å². The van der Waals surface area contributed by atoms with Crippen LogP contribution in [0, 0.1) is 0 Å². The molecule has 129 valence electrons. The first-order valence-corrected chi connectivity index (χ1v) is 7.76. The van der Waals surface area contributed by atoms with Gasteiger partial charge >= 0.3 is 0 Å². The summed E-state index contributed by atoms with van der Waals surface area (Å²) in [6, 6.07) is 8.13. The van der Waals surface area contributed by atoms with Crippen molar-refractivity contribution in [3.8, 4) is 17.0 Å². The summed E-state index contributed by atoms with van der Waals surface area (Å²) in [7, 11) is 1.61. The summed E-state index contributed by atoms with van der Waals surface area (Å²) in [5, 5.41) is 3.51. The van der Waals surface area contributed by atoms with E-state index in [1.54, 1.807) is 13.3 Å². The van der Waals surface area contributed by atoms with Crippen LogP contribution in [0.3, 0.4) is 0 Å². The van der Waals surface area contributed by atoms with Crippen molar-refractivity contribution in [2.24, 2.45) is 10.7 Å². The van der Waals surface area contributed by atoms with Crippen LogP contribution >= 0.6 is 12.2 Å². The van der Waals surface area contributed by atoms with Gasteiger partial charge in [0.05, 0.1) is 7.11 Å². The average Bonchev–Trinajstić information content (AvgIpc) is 3.04. The van der Waals surface area contributed by atoms with Gasteiger partial charge in [-0.2, -0.15) is 12.2 Å². The number of aryl methyl sites for hydroxylation is 1. The molecule has 1 aliphatic rings. The Morgan fingerprint density at radius 1 is 1.38 bits per heavy atom. The summed E-state index contributed by atoms with van der Waals surface area (Å²) in [6.07, 6.45) is 7.21. The van der Waals surface area contributed by atoms with Crippen LogP contribution in [0.15, 0.2) is 35.5 Å². The zero-order chi connectivity index (χ0) is 16.2. The van der Waals surface area contributed by atoms with Gasteiger partial charge in [0.1, 0.15) is 0 Å². The normalized spacial score (nSPS) is 12.5. The second-order valence-corrected chi connectivity index (χ2v) is 5.62. The summed E-state index contributed by atoms with van der Waals surface area (Å²) in [5.74, 6) is 0.574. The number of aromatic nitrogens is 1. The number of nitrogens with zero attached hydrogens (tertiary/aromatic N) is 2. The first kappa shape index (κ1) is 16.9. The fourth-order valence-corrected chi connectivity index (χ4v) is 3.09. The fourth-order valence-electron chi connectivity index (χ4n) is 2.93. The summed E-state index contributed by atoms with van der Waals surface area (Å²) in [6.45, 7) is 0. The molecule has 3 rings (SSSR count). The molecule has 0 amide bonds. The van der Waals surface area contributed by atoms with Crippen LogP contribution in [0.2, 0.25) is 0 Å². The largest absolute Gasteiger partial charge is 0.481 e. The number of aliphatic imine (C=N–C) groups is 1. The first-order valence-electron chi connectivity index (χ1n) is 7.35. The van der Waals surface area contributed by atoms with E-state index in [2.05, 4.69) is 33.8 Å². The minimum Gasteiger partial charge on any atom is -0.481 e. The van der Waals surface area contributed by atoms with Gasteiger partial charge in [0.25, 0.3) is 0 Å². The van der Waals surface area contributed by atoms with E-state index in [-0.39, 0.29) is 0 Å². The van der Waals surface area contributed by atoms with Crippen molar-refractivity contribution in [1.82, 2.24) is 4.98 Å². The third-order valence-electron chi connectivity index (χ3n) is 3.94. The first-order chi connectivity index (χ1) is 11.2. The van der Waals surface area contributed by atoms with E-state index < -0.39 is 0 Å². The fraction of sp³-hybridized carbons (Fsp3) is 0.235. The second-order valence-electron chi connectivity index (χ2n) is 5.24. The van der Waals surface area contributed by atoms with Gasteiger partial charge < -0.3 is 20.8 Å². The van der Waals surface area contributed by atoms with Gasteiger partial charge in [-0.3, -0.25) is 0 Å². The molecule has 0 saturated carbocycles. The van der Waals surface area contributed by atoms with Gasteiger partial charge in [0.2, 0.25) is 5.88 Å². The number of nitrogens with two attached hydrogens (primary N) is 1. The van der Waals surface area contributed by atoms with Crippen molar-refractivity contribution in [2.75, 3.05) is 12.4 Å². The van der Waals surface area contributed by atoms with Crippen LogP contribution in [0.25, 0.3) is 11.1 Å². The zero-order valence-electron chi connectivity index (χ0n) is 13.1. The van der Waals surface area contributed by atoms with Crippen molar-refractivity contribution in [1.29, 1.82) is 0 Å². The maximum absolute atomic E-state index is 5.23. The summed E-state index contributed by atoms with van der Waals surface area (Å²) in [5.41, 5.74) is 10.9. The van der Waals surface area contributed by atoms with Gasteiger partial charge in [-0.1, -0.05) is 18.5 Å². The Labute approximate surface area is 140 Å². The quantitative estimate of drug-likeness (QED) is 0.193. The zero-order valence-corrected chi connectivity index (χ0v) is 16.4. The molecule has 2 aromatic rings. The average molecular weight is 577 g/mol. The Bertz CT molecular complexity index is 779. The molecule has 24 heavy (non-hydrogen) atoms. The smallest absolute Gasteiger partial charge is 0.213 e. The molecule has 1 aromatic carbocycles. The minimum absolute atomic E-state index is 0. The van der Waals surface area contributed by atoms with Crippen LogP contribution < -0.4 is 15.8 Å². The topological polar surface area (TPSA) is 72.5 Å². The maximum atomic E-state index is 5.23. The van der Waals surface area contributed by atoms with Crippen molar-refractivity contribution in [3.05, 3.63) is 41.6 Å². The van der Waals surface area contributed by atoms with E-state index in [1.807, 2.05) is 12.1 Å². The van der Waals surface area contributed by atoms with Crippen LogP contribution in [0.4, 0.5) is 5.69 Å². The Balaban J connectivity index is 0.00000208. The molecule has 0 aliphatic heterocycles. The third kappa shape index (κ3) is 3.15. The molecule has 5 nitrogen and oxygen atoms in total. The molecule has 1 heterocycles. The molecular formula is C17H17EsN4OS-. The van der Waals surface area contributed by atoms with Crippen LogP contribution in [-0.4, -0.2) is 23.5 Å². The van der Waals surface area contributed by atoms with Crippen LogP contribution in [0.1, 0.15) is 17.5 Å². The summed E-state index contributed by atoms with van der Waals surface area (Å²) in [4.78, 5) is 7.99. The number of rotatable bonds is 3. The predicted molar refractivity (Wildman–Crippen MR) is 96.1 cm³/mol. The Kier molecular flexibility index (Phi) is 5.06. The molecule has 1 radical (unpaired) electrons. The summed E-state index contributed by atoms with van der Waals surface area (Å²) >= 11 is 5.21. The van der Waals surface area contributed by atoms with Gasteiger partial charge in [0.15, 0.2) is 0 Å². The number of pyridine rings is 1. The minimum atomic E-state index is 0. The van der Waals surface area contributed by atoms with Crippen molar-refractivity contribution in [2.45, 2.75) is 19.3 Å². The van der Waals surface area contributed by atoms with Crippen LogP contribution in [0.5, 0.6) is 5.88 Å². The number of thiocarbonyl (C=S) groups is 1. The number of benzene rings is 1. The number of methoxy groups -OCH3 is 1. The van der Waals surface area contributed by atoms with E-state index >= 15 is 0 Å². The van der Waals surface area contributed by atoms with E-state index in [1.165, 1.54) is 11.1 Å². The number of ether oxygens (including phenoxy) is 1. The Morgan fingerprint density at radius 2 is 2.21 bits per heavy atom. The molecule has 0 bridgehead atoms. The summed E-state index contributed by atoms with van der Waals surface area (Å²) < 4.78 is 5.23. The standard InChI is InChI=1S/C17H17N4OS.Es/c1-22-15-9-12(7-8-19-15)14-6-5-11-3-2-4-13(11)16(14)21-17(23)20-10-18;/h5-9H,2-4H2,1H3,(H3,18,20,21,23);/q-1;. The number of hydrogen-bond acceptors (Lipinski definition) is 3. The molecule has 1 aromatic heterocycles. The number of anilines is 1. The van der Waals surface area contributed by atoms with Gasteiger partial charge in [0, 0.05) is 28.6 Å². The Morgan fingerprint density at radius 3 is 2.96 bits per heavy atom. The van der Waals surface area contributed by atoms with Crippen molar-refractivity contribution < 1.29 is 4.74 Å². The van der Waals surface area contributed by atoms with Crippen molar-refractivity contribution >= 4 is 29.4 Å². The molecule has 3 N–H and O–H groups in total. The third-order valence-corrected chi connectivity index (χ3v) is 4.13. The van der Waals surface area contributed by atoms with E-state index in [0.29, 0.717) is 11.0 Å². The number of nitrogens with one attached hydrogen (secondary N) is 1. The predicted octanol–water partition coefficient (Wildman–Crippen LogP) is 2.81. The second kappa shape index (κ2) is 7.19. The molecular weight excluding hydrogens is 560 g/mol. The van der Waals surface area contributed by atoms with Gasteiger partial charge in [-0.15, -0.1) is 0 Å². The van der Waals surface area contributed by atoms with Crippen molar-refractivity contribution in [3.63, 3.8) is 0 Å². The number of hydrogen-bond donors (Lipinski definition) is 2. The van der Waals surface area contributed by atoms with Crippen LogP contribution in [-0.2, 0) is 12.8 Å². The molecule has 0 saturated heterocycles. The molecule has 0 spiro atoms. The van der Waals surface area contributed by atoms with Gasteiger partial charge in [-0.05, 0) is 42.0 Å². The number of fused-ring (bicyclic) bond motifs is 1. The molecule has 0 unspecified atom stereocenters. The maximum Gasteiger partial charge on any atom is 0.213 e. The molecule has 1 aliphatic carbocycles. The molecule has 0 atom stereocenters. The van der Waals surface area contributed by atoms with E-state index in [9.17, 15) is 0 Å². The SMILES string of the molecule is COc1cc(-c2ccc3c(c2NC(=S)N=[C-]N)CCC3)ccn1.[Es]. The molecule has 7 heteroatoms. The van der Waals surface area contributed by atoms with E-state index in [4.69, 9.17) is 22.7 Å². The molecule has 0 fully saturated rings. The van der Waals surface area contributed by atoms with Gasteiger partial charge in [-0.25, -0.2) is 4.98 Å².